The lowest BCUT2D eigenvalue weighted by molar-refractivity contribution is 1.30. The van der Waals surface area contributed by atoms with Crippen molar-refractivity contribution in [3.05, 3.63) is 188 Å². The van der Waals surface area contributed by atoms with Crippen LogP contribution in [0.4, 0.5) is 34.1 Å². The minimum atomic E-state index is -2.10. The molecule has 0 aromatic heterocycles. The average Bonchev–Trinajstić information content (AvgIpc) is 3.70. The molecule has 65 heavy (non-hydrogen) atoms. The molecule has 0 saturated carbocycles. The molecule has 0 atom stereocenters. The summed E-state index contributed by atoms with van der Waals surface area (Å²) < 4.78 is 0. The van der Waals surface area contributed by atoms with Crippen LogP contribution in [0.15, 0.2) is 182 Å². The second kappa shape index (κ2) is 14.2. The first-order chi connectivity index (χ1) is 31.4. The fourth-order valence-corrected chi connectivity index (χ4v) is 20.5. The molecule has 0 bridgehead atoms. The Kier molecular flexibility index (Phi) is 8.77. The third-order valence-electron chi connectivity index (χ3n) is 15.0. The van der Waals surface area contributed by atoms with E-state index in [2.05, 4.69) is 245 Å². The molecular weight excluding hydrogens is 833 g/mol. The van der Waals surface area contributed by atoms with E-state index in [1.54, 1.807) is 0 Å². The Hall–Kier alpha value is -6.51. The highest BCUT2D eigenvalue weighted by Gasteiger charge is 2.42. The van der Waals surface area contributed by atoms with Crippen LogP contribution in [0.5, 0.6) is 0 Å². The topological polar surface area (TPSA) is 6.48 Å². The monoisotopic (exact) mass is 886 g/mol. The fourth-order valence-electron chi connectivity index (χ4n) is 12.1. The highest BCUT2D eigenvalue weighted by atomic mass is 28.3. The SMILES string of the molecule is Cc1cc(N(c2ccccc2)c2cccc3c2[Si](C)(C)c2ccccc2-3)c2ccc3c([Si](C)(C)C)cc(N(c4ccccc4)c4cccc5c4[Si](C)(C)c4ccccc4-5)c4ccc1c2c43. The van der Waals surface area contributed by atoms with Gasteiger partial charge in [-0.2, -0.15) is 0 Å². The van der Waals surface area contributed by atoms with Gasteiger partial charge in [-0.15, -0.1) is 0 Å². The normalized spacial score (nSPS) is 14.4. The Labute approximate surface area is 386 Å². The molecule has 12 rings (SSSR count). The fraction of sp³-hybridized carbons (Fsp3) is 0.133. The summed E-state index contributed by atoms with van der Waals surface area (Å²) in [4.78, 5) is 5.24. The van der Waals surface area contributed by atoms with E-state index in [-0.39, 0.29) is 0 Å². The van der Waals surface area contributed by atoms with Gasteiger partial charge >= 0.3 is 0 Å². The number of para-hydroxylation sites is 2. The van der Waals surface area contributed by atoms with Gasteiger partial charge in [-0.25, -0.2) is 0 Å². The summed E-state index contributed by atoms with van der Waals surface area (Å²) in [5.41, 5.74) is 14.3. The van der Waals surface area contributed by atoms with Gasteiger partial charge in [-0.3, -0.25) is 0 Å². The number of rotatable bonds is 7. The number of aryl methyl sites for hydroxylation is 1. The van der Waals surface area contributed by atoms with Crippen molar-refractivity contribution in [2.45, 2.75) is 52.8 Å². The Morgan fingerprint density at radius 1 is 0.369 bits per heavy atom. The molecule has 0 N–H and O–H groups in total. The molecule has 316 valence electrons. The van der Waals surface area contributed by atoms with Gasteiger partial charge < -0.3 is 9.80 Å². The molecule has 0 unspecified atom stereocenters. The minimum absolute atomic E-state index is 1.18. The number of anilines is 6. The Morgan fingerprint density at radius 2 is 0.769 bits per heavy atom. The van der Waals surface area contributed by atoms with Crippen LogP contribution in [0.25, 0.3) is 54.6 Å². The molecule has 0 spiro atoms. The van der Waals surface area contributed by atoms with Gasteiger partial charge in [0.2, 0.25) is 0 Å². The van der Waals surface area contributed by atoms with E-state index in [0.29, 0.717) is 0 Å². The Balaban J connectivity index is 1.18. The van der Waals surface area contributed by atoms with Crippen molar-refractivity contribution in [3.63, 3.8) is 0 Å². The molecule has 2 heterocycles. The Bertz CT molecular complexity index is 3550. The van der Waals surface area contributed by atoms with Crippen LogP contribution < -0.4 is 35.7 Å². The van der Waals surface area contributed by atoms with Crippen LogP contribution in [0.1, 0.15) is 5.56 Å². The molecular formula is C60H54N2Si3. The van der Waals surface area contributed by atoms with Gasteiger partial charge in [-0.1, -0.05) is 184 Å². The van der Waals surface area contributed by atoms with Crippen molar-refractivity contribution in [2.24, 2.45) is 0 Å². The zero-order chi connectivity index (χ0) is 44.6. The van der Waals surface area contributed by atoms with E-state index in [0.717, 1.165) is 0 Å². The quantitative estimate of drug-likeness (QED) is 0.116. The van der Waals surface area contributed by atoms with Crippen molar-refractivity contribution in [1.82, 2.24) is 0 Å². The van der Waals surface area contributed by atoms with Gasteiger partial charge in [-0.05, 0) is 126 Å². The van der Waals surface area contributed by atoms with E-state index >= 15 is 0 Å². The third-order valence-corrected chi connectivity index (χ3v) is 24.1. The van der Waals surface area contributed by atoms with Gasteiger partial charge in [0.05, 0.1) is 19.4 Å². The third kappa shape index (κ3) is 5.75. The van der Waals surface area contributed by atoms with Crippen molar-refractivity contribution in [3.8, 4) is 22.3 Å². The summed E-state index contributed by atoms with van der Waals surface area (Å²) in [6.07, 6.45) is 0. The van der Waals surface area contributed by atoms with Crippen LogP contribution in [-0.4, -0.2) is 24.2 Å². The van der Waals surface area contributed by atoms with Crippen LogP contribution in [0, 0.1) is 6.92 Å². The highest BCUT2D eigenvalue weighted by Crippen LogP contribution is 2.49. The lowest BCUT2D eigenvalue weighted by Crippen LogP contribution is -2.50. The first kappa shape index (κ1) is 40.0. The molecule has 0 aliphatic carbocycles. The summed E-state index contributed by atoms with van der Waals surface area (Å²) >= 11 is 0. The van der Waals surface area contributed by atoms with Crippen molar-refractivity contribution in [1.29, 1.82) is 0 Å². The van der Waals surface area contributed by atoms with E-state index in [1.165, 1.54) is 120 Å². The van der Waals surface area contributed by atoms with Crippen LogP contribution in [0.2, 0.25) is 45.8 Å². The lowest BCUT2D eigenvalue weighted by atomic mass is 9.89. The van der Waals surface area contributed by atoms with Crippen molar-refractivity contribution >= 4 is 117 Å². The lowest BCUT2D eigenvalue weighted by Gasteiger charge is -2.35. The largest absolute Gasteiger partial charge is 0.310 e. The predicted molar refractivity (Wildman–Crippen MR) is 292 cm³/mol. The maximum Gasteiger partial charge on any atom is 0.116 e. The van der Waals surface area contributed by atoms with Crippen LogP contribution in [-0.2, 0) is 0 Å². The number of hydrogen-bond donors (Lipinski definition) is 0. The average molecular weight is 887 g/mol. The standard InChI is InChI=1S/C60H54N2Si3/c1-39-37-52(61(40-21-11-9-12-22-40)50-29-19-27-45-43-25-15-17-31-54(43)64(5,6)59(45)50)47-35-36-49-56(63(2,3)4)38-53(48-34-33-42(39)57(47)58(48)49)62(41-23-13-10-14-24-41)51-30-20-28-46-44-26-16-18-32-55(44)65(7,8)60(46)51/h9-38H,1-8H3. The summed E-state index contributed by atoms with van der Waals surface area (Å²) in [5.74, 6) is 0. The molecule has 5 heteroatoms. The first-order valence-electron chi connectivity index (χ1n) is 23.3. The molecule has 10 aromatic carbocycles. The molecule has 0 radical (unpaired) electrons. The van der Waals surface area contributed by atoms with Gasteiger partial charge in [0.1, 0.15) is 16.1 Å². The first-order valence-corrected chi connectivity index (χ1v) is 32.8. The van der Waals surface area contributed by atoms with E-state index < -0.39 is 24.2 Å². The van der Waals surface area contributed by atoms with Crippen molar-refractivity contribution in [2.75, 3.05) is 9.80 Å². The number of fused-ring (bicyclic) bond motifs is 6. The maximum atomic E-state index is 2.64. The van der Waals surface area contributed by atoms with Gasteiger partial charge in [0, 0.05) is 33.5 Å². The number of benzene rings is 10. The minimum Gasteiger partial charge on any atom is -0.310 e. The molecule has 2 aliphatic rings. The number of nitrogens with zero attached hydrogens (tertiary/aromatic N) is 2. The number of hydrogen-bond acceptors (Lipinski definition) is 2. The summed E-state index contributed by atoms with van der Waals surface area (Å²) in [6, 6.07) is 69.6. The smallest absolute Gasteiger partial charge is 0.116 e. The second-order valence-electron chi connectivity index (χ2n) is 20.6. The zero-order valence-electron chi connectivity index (χ0n) is 38.7. The summed E-state index contributed by atoms with van der Waals surface area (Å²) in [7, 11) is -6.14. The maximum absolute atomic E-state index is 2.64. The molecule has 0 saturated heterocycles. The van der Waals surface area contributed by atoms with Gasteiger partial charge in [0.25, 0.3) is 0 Å². The molecule has 2 nitrogen and oxygen atoms in total. The van der Waals surface area contributed by atoms with Crippen LogP contribution >= 0.6 is 0 Å². The molecule has 10 aromatic rings. The second-order valence-corrected chi connectivity index (χ2v) is 34.2. The summed E-state index contributed by atoms with van der Waals surface area (Å²) in [6.45, 7) is 20.1. The van der Waals surface area contributed by atoms with E-state index in [1.807, 2.05) is 0 Å². The summed E-state index contributed by atoms with van der Waals surface area (Å²) in [5, 5.41) is 15.6. The molecule has 0 fully saturated rings. The highest BCUT2D eigenvalue weighted by molar-refractivity contribution is 7.05. The van der Waals surface area contributed by atoms with Gasteiger partial charge in [0.15, 0.2) is 0 Å². The Morgan fingerprint density at radius 3 is 1.26 bits per heavy atom. The van der Waals surface area contributed by atoms with E-state index in [4.69, 9.17) is 0 Å². The van der Waals surface area contributed by atoms with E-state index in [9.17, 15) is 0 Å². The predicted octanol–water partition coefficient (Wildman–Crippen LogP) is 14.0. The zero-order valence-corrected chi connectivity index (χ0v) is 41.7. The molecule has 2 aliphatic heterocycles. The van der Waals surface area contributed by atoms with Crippen molar-refractivity contribution < 1.29 is 0 Å². The molecule has 0 amide bonds. The van der Waals surface area contributed by atoms with Crippen LogP contribution in [0.3, 0.4) is 0 Å².